The van der Waals surface area contributed by atoms with Crippen molar-refractivity contribution in [2.75, 3.05) is 5.73 Å². The van der Waals surface area contributed by atoms with Crippen LogP contribution in [0.3, 0.4) is 0 Å². The van der Waals surface area contributed by atoms with Crippen LogP contribution in [0.5, 0.6) is 0 Å². The lowest BCUT2D eigenvalue weighted by Crippen LogP contribution is -2.08. The molecule has 0 unspecified atom stereocenters. The van der Waals surface area contributed by atoms with Crippen molar-refractivity contribution < 1.29 is 4.42 Å². The number of nitrogens with two attached hydrogens (primary N) is 1. The van der Waals surface area contributed by atoms with Gasteiger partial charge in [-0.05, 0) is 41.8 Å². The molecule has 3 aromatic rings. The number of benzene rings is 2. The highest BCUT2D eigenvalue weighted by molar-refractivity contribution is 5.73. The van der Waals surface area contributed by atoms with Crippen LogP contribution < -0.4 is 11.5 Å². The third-order valence-corrected chi connectivity index (χ3v) is 3.24. The molecule has 0 atom stereocenters. The third kappa shape index (κ3) is 2.12. The summed E-state index contributed by atoms with van der Waals surface area (Å²) in [6.45, 7) is 0. The Labute approximate surface area is 110 Å². The quantitative estimate of drug-likeness (QED) is 0.714. The molecule has 0 saturated carbocycles. The predicted octanol–water partition coefficient (Wildman–Crippen LogP) is 2.30. The number of aromatic nitrogens is 1. The summed E-state index contributed by atoms with van der Waals surface area (Å²) in [7, 11) is 1.71. The molecule has 1 aromatic heterocycles. The summed E-state index contributed by atoms with van der Waals surface area (Å²) in [5.74, 6) is -0.334. The average Bonchev–Trinajstić information content (AvgIpc) is 2.69. The first-order chi connectivity index (χ1) is 9.13. The van der Waals surface area contributed by atoms with E-state index in [2.05, 4.69) is 0 Å². The molecule has 0 fully saturated rings. The molecule has 0 radical (unpaired) electrons. The van der Waals surface area contributed by atoms with Crippen molar-refractivity contribution in [1.29, 1.82) is 0 Å². The van der Waals surface area contributed by atoms with Gasteiger partial charge in [0.25, 0.3) is 0 Å². The molecule has 0 saturated heterocycles. The number of fused-ring (bicyclic) bond motifs is 1. The summed E-state index contributed by atoms with van der Waals surface area (Å²) in [6.07, 6.45) is 0.801. The Morgan fingerprint density at radius 1 is 1.11 bits per heavy atom. The number of aryl methyl sites for hydroxylation is 1. The number of rotatable bonds is 2. The number of anilines is 1. The van der Waals surface area contributed by atoms with E-state index >= 15 is 0 Å². The summed E-state index contributed by atoms with van der Waals surface area (Å²) in [4.78, 5) is 11.4. The first-order valence-electron chi connectivity index (χ1n) is 6.06. The molecular weight excluding hydrogens is 240 g/mol. The van der Waals surface area contributed by atoms with Crippen LogP contribution in [-0.2, 0) is 13.5 Å². The van der Waals surface area contributed by atoms with Gasteiger partial charge in [0.15, 0.2) is 5.58 Å². The molecule has 3 rings (SSSR count). The van der Waals surface area contributed by atoms with Gasteiger partial charge in [-0.1, -0.05) is 18.2 Å². The Morgan fingerprint density at radius 2 is 1.79 bits per heavy atom. The van der Waals surface area contributed by atoms with Gasteiger partial charge in [-0.25, -0.2) is 4.79 Å². The Kier molecular flexibility index (Phi) is 2.63. The van der Waals surface area contributed by atoms with E-state index < -0.39 is 0 Å². The van der Waals surface area contributed by atoms with Crippen molar-refractivity contribution >= 4 is 16.8 Å². The van der Waals surface area contributed by atoms with E-state index in [4.69, 9.17) is 10.2 Å². The van der Waals surface area contributed by atoms with E-state index in [9.17, 15) is 4.79 Å². The van der Waals surface area contributed by atoms with Crippen LogP contribution in [0.25, 0.3) is 11.1 Å². The van der Waals surface area contributed by atoms with Crippen LogP contribution in [0.2, 0.25) is 0 Å². The second-order valence-electron chi connectivity index (χ2n) is 4.65. The van der Waals surface area contributed by atoms with Crippen molar-refractivity contribution in [3.8, 4) is 0 Å². The van der Waals surface area contributed by atoms with Gasteiger partial charge in [-0.2, -0.15) is 0 Å². The standard InChI is InChI=1S/C15H14N2O2/c1-17-13-9-11(4-7-14(13)19-15(17)18)8-10-2-5-12(16)6-3-10/h2-7,9H,8,16H2,1H3. The van der Waals surface area contributed by atoms with Gasteiger partial charge in [-0.15, -0.1) is 0 Å². The van der Waals surface area contributed by atoms with Crippen LogP contribution >= 0.6 is 0 Å². The topological polar surface area (TPSA) is 61.2 Å². The van der Waals surface area contributed by atoms with Crippen molar-refractivity contribution in [3.05, 3.63) is 64.1 Å². The molecule has 96 valence electrons. The molecule has 0 spiro atoms. The summed E-state index contributed by atoms with van der Waals surface area (Å²) in [5, 5.41) is 0. The molecule has 4 heteroatoms. The fourth-order valence-electron chi connectivity index (χ4n) is 2.15. The lowest BCUT2D eigenvalue weighted by atomic mass is 10.0. The predicted molar refractivity (Wildman–Crippen MR) is 75.1 cm³/mol. The minimum Gasteiger partial charge on any atom is -0.408 e. The highest BCUT2D eigenvalue weighted by atomic mass is 16.4. The van der Waals surface area contributed by atoms with E-state index in [1.807, 2.05) is 42.5 Å². The molecule has 0 amide bonds. The largest absolute Gasteiger partial charge is 0.419 e. The minimum absolute atomic E-state index is 0.334. The molecule has 2 aromatic carbocycles. The van der Waals surface area contributed by atoms with Gasteiger partial charge < -0.3 is 10.2 Å². The highest BCUT2D eigenvalue weighted by Crippen LogP contribution is 2.17. The van der Waals surface area contributed by atoms with Gasteiger partial charge in [-0.3, -0.25) is 4.57 Å². The zero-order valence-electron chi connectivity index (χ0n) is 10.6. The van der Waals surface area contributed by atoms with Gasteiger partial charge in [0.2, 0.25) is 0 Å². The third-order valence-electron chi connectivity index (χ3n) is 3.24. The second kappa shape index (κ2) is 4.31. The zero-order valence-corrected chi connectivity index (χ0v) is 10.6. The Morgan fingerprint density at radius 3 is 2.53 bits per heavy atom. The van der Waals surface area contributed by atoms with Crippen molar-refractivity contribution in [2.24, 2.45) is 7.05 Å². The van der Waals surface area contributed by atoms with Crippen LogP contribution in [0, 0.1) is 0 Å². The minimum atomic E-state index is -0.334. The van der Waals surface area contributed by atoms with Crippen molar-refractivity contribution in [1.82, 2.24) is 4.57 Å². The number of nitrogen functional groups attached to an aromatic ring is 1. The van der Waals surface area contributed by atoms with Crippen LogP contribution in [0.4, 0.5) is 5.69 Å². The summed E-state index contributed by atoms with van der Waals surface area (Å²) < 4.78 is 6.63. The van der Waals surface area contributed by atoms with E-state index in [0.29, 0.717) is 5.58 Å². The molecule has 0 bridgehead atoms. The average molecular weight is 254 g/mol. The lowest BCUT2D eigenvalue weighted by Gasteiger charge is -2.03. The molecule has 4 nitrogen and oxygen atoms in total. The Bertz CT molecular complexity index is 782. The van der Waals surface area contributed by atoms with Gasteiger partial charge in [0.1, 0.15) is 0 Å². The van der Waals surface area contributed by atoms with Crippen molar-refractivity contribution in [2.45, 2.75) is 6.42 Å². The van der Waals surface area contributed by atoms with Gasteiger partial charge in [0.05, 0.1) is 5.52 Å². The van der Waals surface area contributed by atoms with E-state index in [1.165, 1.54) is 10.1 Å². The SMILES string of the molecule is Cn1c(=O)oc2ccc(Cc3ccc(N)cc3)cc21. The number of hydrogen-bond donors (Lipinski definition) is 1. The van der Waals surface area contributed by atoms with E-state index in [-0.39, 0.29) is 5.76 Å². The maximum atomic E-state index is 11.4. The smallest absolute Gasteiger partial charge is 0.408 e. The Balaban J connectivity index is 1.99. The maximum absolute atomic E-state index is 11.4. The van der Waals surface area contributed by atoms with E-state index in [1.54, 1.807) is 7.05 Å². The fraction of sp³-hybridized carbons (Fsp3) is 0.133. The molecular formula is C15H14N2O2. The van der Waals surface area contributed by atoms with Crippen LogP contribution in [0.1, 0.15) is 11.1 Å². The lowest BCUT2D eigenvalue weighted by molar-refractivity contribution is 0.528. The van der Waals surface area contributed by atoms with Crippen LogP contribution in [-0.4, -0.2) is 4.57 Å². The molecule has 1 heterocycles. The number of hydrogen-bond acceptors (Lipinski definition) is 3. The number of oxazole rings is 1. The zero-order chi connectivity index (χ0) is 13.4. The summed E-state index contributed by atoms with van der Waals surface area (Å²) >= 11 is 0. The molecule has 19 heavy (non-hydrogen) atoms. The van der Waals surface area contributed by atoms with Crippen molar-refractivity contribution in [3.63, 3.8) is 0 Å². The van der Waals surface area contributed by atoms with Crippen LogP contribution in [0.15, 0.2) is 51.7 Å². The maximum Gasteiger partial charge on any atom is 0.419 e. The van der Waals surface area contributed by atoms with Gasteiger partial charge >= 0.3 is 5.76 Å². The first kappa shape index (κ1) is 11.6. The summed E-state index contributed by atoms with van der Waals surface area (Å²) in [5.41, 5.74) is 10.2. The number of nitrogens with zero attached hydrogens (tertiary/aromatic N) is 1. The molecule has 0 aliphatic rings. The normalized spacial score (nSPS) is 11.0. The second-order valence-corrected chi connectivity index (χ2v) is 4.65. The summed E-state index contributed by atoms with van der Waals surface area (Å²) in [6, 6.07) is 13.6. The molecule has 0 aliphatic heterocycles. The monoisotopic (exact) mass is 254 g/mol. The van der Waals surface area contributed by atoms with E-state index in [0.717, 1.165) is 23.2 Å². The Hall–Kier alpha value is -2.49. The fourth-order valence-corrected chi connectivity index (χ4v) is 2.15. The first-order valence-corrected chi connectivity index (χ1v) is 6.06. The van der Waals surface area contributed by atoms with Gasteiger partial charge in [0, 0.05) is 12.7 Å². The molecule has 0 aliphatic carbocycles. The highest BCUT2D eigenvalue weighted by Gasteiger charge is 2.06. The molecule has 2 N–H and O–H groups in total.